The van der Waals surface area contributed by atoms with Crippen LogP contribution in [0.4, 0.5) is 5.69 Å². The van der Waals surface area contributed by atoms with Crippen molar-refractivity contribution in [3.05, 3.63) is 29.3 Å². The number of carbonyl (C=O) groups is 1. The van der Waals surface area contributed by atoms with E-state index in [9.17, 15) is 4.79 Å². The molecule has 0 aromatic heterocycles. The number of hydrogen-bond acceptors (Lipinski definition) is 4. The predicted octanol–water partition coefficient (Wildman–Crippen LogP) is 1.35. The van der Waals surface area contributed by atoms with Crippen molar-refractivity contribution >= 4 is 23.2 Å². The zero-order valence-electron chi connectivity index (χ0n) is 12.3. The molecule has 1 aromatic rings. The van der Waals surface area contributed by atoms with Crippen molar-refractivity contribution in [2.75, 3.05) is 44.8 Å². The fourth-order valence-electron chi connectivity index (χ4n) is 2.46. The van der Waals surface area contributed by atoms with E-state index in [-0.39, 0.29) is 5.91 Å². The summed E-state index contributed by atoms with van der Waals surface area (Å²) in [6.07, 6.45) is 0.559. The standard InChI is InChI=1S/C15H22ClN3O2/c1-21-10-5-14(17)15(20)19-8-6-18(7-9-19)13-4-2-3-12(16)11-13/h2-4,11,14H,5-10,17H2,1H3. The first-order valence-electron chi connectivity index (χ1n) is 7.15. The largest absolute Gasteiger partial charge is 0.385 e. The van der Waals surface area contributed by atoms with E-state index in [0.29, 0.717) is 26.1 Å². The normalized spacial score (nSPS) is 16.9. The molecule has 0 radical (unpaired) electrons. The van der Waals surface area contributed by atoms with E-state index in [0.717, 1.165) is 23.8 Å². The Hall–Kier alpha value is -1.30. The number of amides is 1. The zero-order valence-corrected chi connectivity index (χ0v) is 13.1. The Kier molecular flexibility index (Phi) is 5.85. The van der Waals surface area contributed by atoms with Crippen molar-refractivity contribution < 1.29 is 9.53 Å². The number of rotatable bonds is 5. The molecule has 5 nitrogen and oxygen atoms in total. The van der Waals surface area contributed by atoms with Crippen LogP contribution in [0.25, 0.3) is 0 Å². The average molecular weight is 312 g/mol. The highest BCUT2D eigenvalue weighted by Crippen LogP contribution is 2.20. The van der Waals surface area contributed by atoms with Crippen LogP contribution in [-0.2, 0) is 9.53 Å². The number of benzene rings is 1. The minimum absolute atomic E-state index is 0.0118. The summed E-state index contributed by atoms with van der Waals surface area (Å²) in [6, 6.07) is 7.31. The second-order valence-electron chi connectivity index (χ2n) is 5.18. The lowest BCUT2D eigenvalue weighted by Gasteiger charge is -2.37. The fraction of sp³-hybridized carbons (Fsp3) is 0.533. The highest BCUT2D eigenvalue weighted by atomic mass is 35.5. The molecule has 0 saturated carbocycles. The Morgan fingerprint density at radius 2 is 2.10 bits per heavy atom. The van der Waals surface area contributed by atoms with Crippen molar-refractivity contribution in [3.63, 3.8) is 0 Å². The van der Waals surface area contributed by atoms with Crippen LogP contribution >= 0.6 is 11.6 Å². The fourth-order valence-corrected chi connectivity index (χ4v) is 2.65. The van der Waals surface area contributed by atoms with Gasteiger partial charge < -0.3 is 20.3 Å². The molecule has 116 valence electrons. The van der Waals surface area contributed by atoms with E-state index in [1.165, 1.54) is 0 Å². The van der Waals surface area contributed by atoms with Crippen LogP contribution in [-0.4, -0.2) is 56.7 Å². The SMILES string of the molecule is COCCC(N)C(=O)N1CCN(c2cccc(Cl)c2)CC1. The van der Waals surface area contributed by atoms with Gasteiger partial charge in [-0.25, -0.2) is 0 Å². The summed E-state index contributed by atoms with van der Waals surface area (Å²) in [4.78, 5) is 16.3. The van der Waals surface area contributed by atoms with Gasteiger partial charge in [0.25, 0.3) is 0 Å². The molecular formula is C15H22ClN3O2. The lowest BCUT2D eigenvalue weighted by atomic mass is 10.1. The molecule has 0 aliphatic carbocycles. The van der Waals surface area contributed by atoms with Gasteiger partial charge in [-0.2, -0.15) is 0 Å². The van der Waals surface area contributed by atoms with Gasteiger partial charge in [-0.3, -0.25) is 4.79 Å². The molecule has 2 N–H and O–H groups in total. The Morgan fingerprint density at radius 3 is 2.71 bits per heavy atom. The summed E-state index contributed by atoms with van der Waals surface area (Å²) >= 11 is 6.01. The number of nitrogens with zero attached hydrogens (tertiary/aromatic N) is 2. The first-order valence-corrected chi connectivity index (χ1v) is 7.53. The van der Waals surface area contributed by atoms with Crippen LogP contribution in [0.1, 0.15) is 6.42 Å². The van der Waals surface area contributed by atoms with E-state index in [1.807, 2.05) is 29.2 Å². The van der Waals surface area contributed by atoms with Gasteiger partial charge in [0.15, 0.2) is 0 Å². The van der Waals surface area contributed by atoms with Crippen molar-refractivity contribution in [3.8, 4) is 0 Å². The smallest absolute Gasteiger partial charge is 0.239 e. The number of nitrogens with two attached hydrogens (primary N) is 1. The van der Waals surface area contributed by atoms with Crippen LogP contribution in [0.5, 0.6) is 0 Å². The minimum Gasteiger partial charge on any atom is -0.385 e. The Morgan fingerprint density at radius 1 is 1.38 bits per heavy atom. The summed E-state index contributed by atoms with van der Waals surface area (Å²) in [5, 5.41) is 0.729. The molecule has 1 aromatic carbocycles. The van der Waals surface area contributed by atoms with Gasteiger partial charge in [-0.1, -0.05) is 17.7 Å². The zero-order chi connectivity index (χ0) is 15.2. The molecule has 6 heteroatoms. The number of carbonyl (C=O) groups excluding carboxylic acids is 1. The molecule has 1 atom stereocenters. The van der Waals surface area contributed by atoms with Gasteiger partial charge in [0, 0.05) is 50.6 Å². The average Bonchev–Trinajstić information content (AvgIpc) is 2.52. The third-order valence-corrected chi connectivity index (χ3v) is 3.95. The van der Waals surface area contributed by atoms with Crippen LogP contribution in [0.15, 0.2) is 24.3 Å². The lowest BCUT2D eigenvalue weighted by molar-refractivity contribution is -0.133. The maximum atomic E-state index is 12.2. The third-order valence-electron chi connectivity index (χ3n) is 3.71. The Bertz CT molecular complexity index is 476. The monoisotopic (exact) mass is 311 g/mol. The van der Waals surface area contributed by atoms with Crippen molar-refractivity contribution in [1.29, 1.82) is 0 Å². The molecule has 1 unspecified atom stereocenters. The molecule has 1 amide bonds. The van der Waals surface area contributed by atoms with E-state index in [1.54, 1.807) is 7.11 Å². The number of halogens is 1. The van der Waals surface area contributed by atoms with Gasteiger partial charge in [-0.05, 0) is 24.6 Å². The highest BCUT2D eigenvalue weighted by Gasteiger charge is 2.25. The molecule has 2 rings (SSSR count). The van der Waals surface area contributed by atoms with Gasteiger partial charge in [-0.15, -0.1) is 0 Å². The summed E-state index contributed by atoms with van der Waals surface area (Å²) < 4.78 is 4.96. The second kappa shape index (κ2) is 7.64. The molecule has 1 heterocycles. The summed E-state index contributed by atoms with van der Waals surface area (Å²) in [6.45, 7) is 3.47. The summed E-state index contributed by atoms with van der Waals surface area (Å²) in [7, 11) is 1.61. The molecule has 1 fully saturated rings. The molecule has 0 spiro atoms. The minimum atomic E-state index is -0.470. The number of anilines is 1. The van der Waals surface area contributed by atoms with Crippen molar-refractivity contribution in [1.82, 2.24) is 4.90 Å². The summed E-state index contributed by atoms with van der Waals surface area (Å²) in [5.41, 5.74) is 6.99. The van der Waals surface area contributed by atoms with E-state index >= 15 is 0 Å². The van der Waals surface area contributed by atoms with Gasteiger partial charge >= 0.3 is 0 Å². The van der Waals surface area contributed by atoms with Gasteiger partial charge in [0.05, 0.1) is 6.04 Å². The van der Waals surface area contributed by atoms with E-state index < -0.39 is 6.04 Å². The van der Waals surface area contributed by atoms with E-state index in [4.69, 9.17) is 22.1 Å². The van der Waals surface area contributed by atoms with Crippen molar-refractivity contribution in [2.24, 2.45) is 5.73 Å². The highest BCUT2D eigenvalue weighted by molar-refractivity contribution is 6.30. The number of piperazine rings is 1. The van der Waals surface area contributed by atoms with Gasteiger partial charge in [0.2, 0.25) is 5.91 Å². The second-order valence-corrected chi connectivity index (χ2v) is 5.62. The lowest BCUT2D eigenvalue weighted by Crippen LogP contribution is -2.53. The Labute approximate surface area is 130 Å². The molecule has 21 heavy (non-hydrogen) atoms. The maximum Gasteiger partial charge on any atom is 0.239 e. The molecule has 1 aliphatic heterocycles. The number of methoxy groups -OCH3 is 1. The van der Waals surface area contributed by atoms with Crippen LogP contribution in [0.2, 0.25) is 5.02 Å². The van der Waals surface area contributed by atoms with Gasteiger partial charge in [0.1, 0.15) is 0 Å². The molecular weight excluding hydrogens is 290 g/mol. The third kappa shape index (κ3) is 4.33. The number of ether oxygens (including phenoxy) is 1. The summed E-state index contributed by atoms with van der Waals surface area (Å²) in [5.74, 6) is 0.0118. The predicted molar refractivity (Wildman–Crippen MR) is 84.7 cm³/mol. The Balaban J connectivity index is 1.87. The first-order chi connectivity index (χ1) is 10.1. The molecule has 1 aliphatic rings. The van der Waals surface area contributed by atoms with Crippen LogP contribution in [0.3, 0.4) is 0 Å². The van der Waals surface area contributed by atoms with Crippen LogP contribution < -0.4 is 10.6 Å². The maximum absolute atomic E-state index is 12.2. The first kappa shape index (κ1) is 16.1. The van der Waals surface area contributed by atoms with Crippen LogP contribution in [0, 0.1) is 0 Å². The molecule has 0 bridgehead atoms. The van der Waals surface area contributed by atoms with E-state index in [2.05, 4.69) is 4.90 Å². The molecule has 1 saturated heterocycles. The number of hydrogen-bond donors (Lipinski definition) is 1. The topological polar surface area (TPSA) is 58.8 Å². The van der Waals surface area contributed by atoms with Crippen molar-refractivity contribution in [2.45, 2.75) is 12.5 Å². The quantitative estimate of drug-likeness (QED) is 0.892.